The third-order valence-corrected chi connectivity index (χ3v) is 14.5. The molecule has 0 aliphatic heterocycles. The van der Waals surface area contributed by atoms with Crippen LogP contribution in [-0.2, 0) is 82.9 Å². The number of esters is 5. The highest BCUT2D eigenvalue weighted by molar-refractivity contribution is 5.79. The van der Waals surface area contributed by atoms with Crippen LogP contribution in [0.1, 0.15) is 114 Å². The Bertz CT molecular complexity index is 3780. The summed E-state index contributed by atoms with van der Waals surface area (Å²) in [6.07, 6.45) is 11.1. The van der Waals surface area contributed by atoms with Crippen LogP contribution in [0, 0.1) is 17.8 Å². The summed E-state index contributed by atoms with van der Waals surface area (Å²) in [6.45, 7) is 30.4. The van der Waals surface area contributed by atoms with E-state index in [1.165, 1.54) is 30.4 Å². The predicted molar refractivity (Wildman–Crippen MR) is 414 cm³/mol. The third kappa shape index (κ3) is 38.1. The SMILES string of the molecule is C=CCOC(=O)[C@@H](CC(C)C)Oc1ccc(C=O)cc1.C=CCOC(=O)[C@H](CC(C)C)Oc1ccc(C=O)cc1.C=CCOC(=O)[C@H](CC(C)C)Oc1cccc(CC=O)c1.C=CCOC(=O)[C@H](Cc1ccccc1)Oc1ccc(C=O)cc1.C=CCOC(=O)[C@H](Cc1ccccc1)Oc1cccc(CC=O)c1. The van der Waals surface area contributed by atoms with E-state index in [9.17, 15) is 47.9 Å². The summed E-state index contributed by atoms with van der Waals surface area (Å²) in [5.41, 5.74) is 5.30. The third-order valence-electron chi connectivity index (χ3n) is 14.5. The van der Waals surface area contributed by atoms with Crippen molar-refractivity contribution in [1.82, 2.24) is 0 Å². The number of ether oxygens (including phenoxy) is 10. The van der Waals surface area contributed by atoms with E-state index < -0.39 is 60.4 Å². The van der Waals surface area contributed by atoms with Crippen LogP contribution in [0.3, 0.4) is 0 Å². The van der Waals surface area contributed by atoms with E-state index >= 15 is 0 Å². The minimum atomic E-state index is -0.765. The summed E-state index contributed by atoms with van der Waals surface area (Å²) >= 11 is 0. The summed E-state index contributed by atoms with van der Waals surface area (Å²) in [5, 5.41) is 0. The van der Waals surface area contributed by atoms with E-state index in [-0.39, 0.29) is 33.0 Å². The van der Waals surface area contributed by atoms with Gasteiger partial charge in [-0.25, -0.2) is 24.0 Å². The quantitative estimate of drug-likeness (QED) is 0.0149. The molecule has 7 aromatic rings. The number of hydrogen-bond acceptors (Lipinski definition) is 20. The van der Waals surface area contributed by atoms with Crippen LogP contribution in [-0.4, -0.2) is 125 Å². The molecule has 5 atom stereocenters. The Balaban J connectivity index is 0.000000351. The molecular weight excluding hydrogens is 1380 g/mol. The van der Waals surface area contributed by atoms with Gasteiger partial charge in [0.1, 0.15) is 93.2 Å². The van der Waals surface area contributed by atoms with Crippen LogP contribution in [0.4, 0.5) is 0 Å². The molecule has 0 bridgehead atoms. The molecule has 0 N–H and O–H groups in total. The second-order valence-corrected chi connectivity index (χ2v) is 25.0. The van der Waals surface area contributed by atoms with Gasteiger partial charge in [0.25, 0.3) is 0 Å². The zero-order valence-electron chi connectivity index (χ0n) is 62.4. The Morgan fingerprint density at radius 3 is 0.787 bits per heavy atom. The molecule has 0 aliphatic carbocycles. The number of hydrogen-bond donors (Lipinski definition) is 0. The summed E-state index contributed by atoms with van der Waals surface area (Å²) in [6, 6.07) is 53.3. The molecule has 20 nitrogen and oxygen atoms in total. The summed E-state index contributed by atoms with van der Waals surface area (Å²) < 4.78 is 54.0. The standard InChI is InChI=1S/C20H20O4.C19H18O4.C17H22O4.2C16H20O4/c1-2-13-23-20(22)19(15-16-7-4-3-5-8-16)24-18-10-6-9-17(14-18)11-12-21;1-2-12-22-19(21)18(13-15-6-4-3-5-7-15)23-17-10-8-16(14-20)9-11-17;1-4-10-20-17(19)16(11-13(2)3)21-15-7-5-6-14(12-15)8-9-18;2*1-4-9-19-16(18)15(10-12(2)3)20-14-7-5-13(11-17)6-8-14/h2-10,12,14,19H,1,11,13,15H2;2-11,14,18H,1,12-13H2;4-7,9,12-13,16H,1,8,10-11H2,2-3H3;2*4-8,11-12,15H,1,9-10H2,2-3H3/t19-;18-;16-;2*15-/m00010/s1. The molecule has 0 aliphatic rings. The van der Waals surface area contributed by atoms with Gasteiger partial charge in [-0.2, -0.15) is 0 Å². The second-order valence-electron chi connectivity index (χ2n) is 25.0. The fourth-order valence-corrected chi connectivity index (χ4v) is 9.41. The van der Waals surface area contributed by atoms with Gasteiger partial charge in [-0.15, -0.1) is 0 Å². The molecule has 0 unspecified atom stereocenters. The maximum absolute atomic E-state index is 12.3. The largest absolute Gasteiger partial charge is 0.479 e. The zero-order chi connectivity index (χ0) is 79.3. The Morgan fingerprint density at radius 2 is 0.537 bits per heavy atom. The van der Waals surface area contributed by atoms with Gasteiger partial charge in [-0.3, -0.25) is 14.4 Å². The first-order valence-corrected chi connectivity index (χ1v) is 35.1. The number of rotatable bonds is 42. The number of carbonyl (C=O) groups is 10. The lowest BCUT2D eigenvalue weighted by atomic mass is 10.1. The van der Waals surface area contributed by atoms with Gasteiger partial charge < -0.3 is 57.0 Å². The number of aldehydes is 5. The van der Waals surface area contributed by atoms with Crippen LogP contribution in [0.15, 0.2) is 245 Å². The van der Waals surface area contributed by atoms with Gasteiger partial charge in [-0.05, 0) is 156 Å². The summed E-state index contributed by atoms with van der Waals surface area (Å²) in [5.74, 6) is 1.47. The van der Waals surface area contributed by atoms with Crippen LogP contribution >= 0.6 is 0 Å². The van der Waals surface area contributed by atoms with E-state index in [0.29, 0.717) is 108 Å². The topological polar surface area (TPSA) is 263 Å². The minimum absolute atomic E-state index is 0.136. The maximum Gasteiger partial charge on any atom is 0.347 e. The van der Waals surface area contributed by atoms with E-state index in [4.69, 9.17) is 47.4 Å². The molecule has 572 valence electrons. The average Bonchev–Trinajstić information content (AvgIpc) is 0.878. The minimum Gasteiger partial charge on any atom is -0.479 e. The summed E-state index contributed by atoms with van der Waals surface area (Å²) in [4.78, 5) is 113. The van der Waals surface area contributed by atoms with Crippen molar-refractivity contribution >= 4 is 61.3 Å². The van der Waals surface area contributed by atoms with Crippen molar-refractivity contribution in [3.63, 3.8) is 0 Å². The molecule has 0 fully saturated rings. The Morgan fingerprint density at radius 1 is 0.296 bits per heavy atom. The molecule has 20 heteroatoms. The molecular formula is C88H100O20. The zero-order valence-corrected chi connectivity index (χ0v) is 62.4. The molecule has 0 amide bonds. The van der Waals surface area contributed by atoms with E-state index in [0.717, 1.165) is 53.7 Å². The van der Waals surface area contributed by atoms with Crippen molar-refractivity contribution in [2.45, 2.75) is 117 Å². The van der Waals surface area contributed by atoms with Crippen LogP contribution in [0.5, 0.6) is 28.7 Å². The lowest BCUT2D eigenvalue weighted by Crippen LogP contribution is -2.31. The van der Waals surface area contributed by atoms with Crippen LogP contribution < -0.4 is 23.7 Å². The van der Waals surface area contributed by atoms with Gasteiger partial charge in [0.05, 0.1) is 0 Å². The molecule has 7 aromatic carbocycles. The Hall–Kier alpha value is -12.1. The van der Waals surface area contributed by atoms with Crippen molar-refractivity contribution in [3.05, 3.63) is 284 Å². The van der Waals surface area contributed by atoms with Gasteiger partial charge in [0, 0.05) is 42.4 Å². The number of benzene rings is 7. The Kier molecular flexibility index (Phi) is 44.8. The van der Waals surface area contributed by atoms with E-state index in [1.54, 1.807) is 109 Å². The second kappa shape index (κ2) is 53.7. The maximum atomic E-state index is 12.3. The molecule has 0 spiro atoms. The molecule has 108 heavy (non-hydrogen) atoms. The monoisotopic (exact) mass is 1480 g/mol. The highest BCUT2D eigenvalue weighted by Crippen LogP contribution is 2.24. The van der Waals surface area contributed by atoms with E-state index in [1.807, 2.05) is 114 Å². The van der Waals surface area contributed by atoms with Crippen LogP contribution in [0.25, 0.3) is 0 Å². The summed E-state index contributed by atoms with van der Waals surface area (Å²) in [7, 11) is 0. The lowest BCUT2D eigenvalue weighted by Gasteiger charge is -2.19. The first-order chi connectivity index (χ1) is 52.1. The fourth-order valence-electron chi connectivity index (χ4n) is 9.41. The fraction of sp³-hybridized carbons (Fsp3) is 0.295. The van der Waals surface area contributed by atoms with Crippen molar-refractivity contribution < 1.29 is 95.3 Å². The average molecular weight is 1480 g/mol. The molecule has 0 radical (unpaired) electrons. The van der Waals surface area contributed by atoms with Crippen molar-refractivity contribution in [3.8, 4) is 28.7 Å². The Labute approximate surface area is 634 Å². The molecule has 0 aromatic heterocycles. The molecule has 0 heterocycles. The van der Waals surface area contributed by atoms with Crippen molar-refractivity contribution in [1.29, 1.82) is 0 Å². The normalized spacial score (nSPS) is 11.6. The molecule has 0 saturated carbocycles. The highest BCUT2D eigenvalue weighted by atomic mass is 16.6. The van der Waals surface area contributed by atoms with Crippen LogP contribution in [0.2, 0.25) is 0 Å². The first kappa shape index (κ1) is 90.2. The lowest BCUT2D eigenvalue weighted by molar-refractivity contribution is -0.152. The van der Waals surface area contributed by atoms with Gasteiger partial charge in [0.15, 0.2) is 30.5 Å². The van der Waals surface area contributed by atoms with Crippen molar-refractivity contribution in [2.75, 3.05) is 33.0 Å². The van der Waals surface area contributed by atoms with Crippen molar-refractivity contribution in [2.24, 2.45) is 17.8 Å². The van der Waals surface area contributed by atoms with Gasteiger partial charge >= 0.3 is 29.8 Å². The highest BCUT2D eigenvalue weighted by Gasteiger charge is 2.28. The number of carbonyl (C=O) groups excluding carboxylic acids is 10. The predicted octanol–water partition coefficient (Wildman–Crippen LogP) is 15.4. The van der Waals surface area contributed by atoms with Gasteiger partial charge in [0.2, 0.25) is 0 Å². The van der Waals surface area contributed by atoms with Gasteiger partial charge in [-0.1, -0.05) is 190 Å². The molecule has 7 rings (SSSR count). The first-order valence-electron chi connectivity index (χ1n) is 35.1. The molecule has 0 saturated heterocycles. The smallest absolute Gasteiger partial charge is 0.347 e. The van der Waals surface area contributed by atoms with E-state index in [2.05, 4.69) is 32.9 Å².